The maximum atomic E-state index is 12.0. The summed E-state index contributed by atoms with van der Waals surface area (Å²) in [5.74, 6) is 0.925. The zero-order valence-electron chi connectivity index (χ0n) is 11.7. The molecule has 20 heavy (non-hydrogen) atoms. The molecule has 0 radical (unpaired) electrons. The average Bonchev–Trinajstić information content (AvgIpc) is 2.77. The lowest BCUT2D eigenvalue weighted by atomic mass is 10.1. The van der Waals surface area contributed by atoms with Gasteiger partial charge < -0.3 is 15.0 Å². The van der Waals surface area contributed by atoms with Crippen LogP contribution >= 0.6 is 0 Å². The van der Waals surface area contributed by atoms with Gasteiger partial charge in [-0.05, 0) is 31.0 Å². The molecule has 1 unspecified atom stereocenters. The van der Waals surface area contributed by atoms with Gasteiger partial charge in [-0.15, -0.1) is 0 Å². The van der Waals surface area contributed by atoms with Crippen molar-refractivity contribution in [2.45, 2.75) is 32.9 Å². The average molecular weight is 270 g/mol. The Labute approximate surface area is 117 Å². The van der Waals surface area contributed by atoms with E-state index in [1.165, 1.54) is 11.1 Å². The molecule has 1 aromatic heterocycles. The molecule has 0 fully saturated rings. The van der Waals surface area contributed by atoms with Crippen molar-refractivity contribution in [2.24, 2.45) is 0 Å². The number of nitrogens with zero attached hydrogens (tertiary/aromatic N) is 1. The van der Waals surface area contributed by atoms with Crippen LogP contribution in [0.1, 0.15) is 16.7 Å². The SMILES string of the molecule is Cc1ccc2c(c1)CC(Cn1cc(N)c(C)cc1=O)O2. The van der Waals surface area contributed by atoms with Crippen molar-refractivity contribution in [3.63, 3.8) is 0 Å². The lowest BCUT2D eigenvalue weighted by molar-refractivity contribution is 0.207. The smallest absolute Gasteiger partial charge is 0.251 e. The fourth-order valence-corrected chi connectivity index (χ4v) is 2.60. The van der Waals surface area contributed by atoms with Crippen LogP contribution in [0.25, 0.3) is 0 Å². The standard InChI is InChI=1S/C16H18N2O2/c1-10-3-4-15-12(5-10)7-13(20-15)8-18-9-14(17)11(2)6-16(18)19/h3-6,9,13H,7-8,17H2,1-2H3. The number of hydrogen-bond donors (Lipinski definition) is 1. The van der Waals surface area contributed by atoms with Gasteiger partial charge in [-0.3, -0.25) is 4.79 Å². The van der Waals surface area contributed by atoms with E-state index in [2.05, 4.69) is 13.0 Å². The molecule has 0 saturated carbocycles. The molecule has 4 heteroatoms. The highest BCUT2D eigenvalue weighted by molar-refractivity contribution is 5.43. The lowest BCUT2D eigenvalue weighted by Gasteiger charge is -2.13. The summed E-state index contributed by atoms with van der Waals surface area (Å²) in [6.45, 7) is 4.43. The van der Waals surface area contributed by atoms with Crippen molar-refractivity contribution >= 4 is 5.69 Å². The van der Waals surface area contributed by atoms with Crippen LogP contribution in [0.2, 0.25) is 0 Å². The third-order valence-corrected chi connectivity index (χ3v) is 3.73. The van der Waals surface area contributed by atoms with Crippen LogP contribution in [0, 0.1) is 13.8 Å². The van der Waals surface area contributed by atoms with Crippen molar-refractivity contribution in [3.05, 3.63) is 57.5 Å². The Kier molecular flexibility index (Phi) is 3.01. The number of hydrogen-bond acceptors (Lipinski definition) is 3. The van der Waals surface area contributed by atoms with E-state index < -0.39 is 0 Å². The zero-order chi connectivity index (χ0) is 14.3. The number of nitrogens with two attached hydrogens (primary N) is 1. The second-order valence-corrected chi connectivity index (χ2v) is 5.46. The Bertz CT molecular complexity index is 719. The number of anilines is 1. The number of ether oxygens (including phenoxy) is 1. The Morgan fingerprint density at radius 3 is 2.95 bits per heavy atom. The highest BCUT2D eigenvalue weighted by Crippen LogP contribution is 2.29. The first-order valence-corrected chi connectivity index (χ1v) is 6.75. The number of benzene rings is 1. The van der Waals surface area contributed by atoms with Gasteiger partial charge in [0.15, 0.2) is 0 Å². The van der Waals surface area contributed by atoms with Crippen LogP contribution in [-0.2, 0) is 13.0 Å². The van der Waals surface area contributed by atoms with E-state index in [4.69, 9.17) is 10.5 Å². The molecule has 2 heterocycles. The summed E-state index contributed by atoms with van der Waals surface area (Å²) in [5.41, 5.74) is 9.72. The van der Waals surface area contributed by atoms with Crippen molar-refractivity contribution in [2.75, 3.05) is 5.73 Å². The quantitative estimate of drug-likeness (QED) is 0.908. The molecule has 1 aromatic carbocycles. The van der Waals surface area contributed by atoms with E-state index in [1.54, 1.807) is 16.8 Å². The third-order valence-electron chi connectivity index (χ3n) is 3.73. The molecule has 4 nitrogen and oxygen atoms in total. The van der Waals surface area contributed by atoms with Crippen molar-refractivity contribution in [1.82, 2.24) is 4.57 Å². The lowest BCUT2D eigenvalue weighted by Crippen LogP contribution is -2.29. The van der Waals surface area contributed by atoms with E-state index in [-0.39, 0.29) is 11.7 Å². The molecular formula is C16H18N2O2. The second-order valence-electron chi connectivity index (χ2n) is 5.46. The van der Waals surface area contributed by atoms with Gasteiger partial charge in [0, 0.05) is 18.7 Å². The van der Waals surface area contributed by atoms with E-state index in [9.17, 15) is 4.79 Å². The molecule has 2 N–H and O–H groups in total. The Morgan fingerprint density at radius 2 is 2.15 bits per heavy atom. The summed E-state index contributed by atoms with van der Waals surface area (Å²) in [5, 5.41) is 0. The summed E-state index contributed by atoms with van der Waals surface area (Å²) in [7, 11) is 0. The van der Waals surface area contributed by atoms with Gasteiger partial charge in [0.1, 0.15) is 11.9 Å². The van der Waals surface area contributed by atoms with Crippen LogP contribution in [0.5, 0.6) is 5.75 Å². The number of nitrogen functional groups attached to an aromatic ring is 1. The molecule has 0 aliphatic carbocycles. The monoisotopic (exact) mass is 270 g/mol. The van der Waals surface area contributed by atoms with Gasteiger partial charge in [-0.1, -0.05) is 17.7 Å². The van der Waals surface area contributed by atoms with E-state index in [1.807, 2.05) is 19.1 Å². The first-order valence-electron chi connectivity index (χ1n) is 6.75. The Morgan fingerprint density at radius 1 is 1.35 bits per heavy atom. The molecule has 1 aliphatic rings. The van der Waals surface area contributed by atoms with Gasteiger partial charge >= 0.3 is 0 Å². The Hall–Kier alpha value is -2.23. The zero-order valence-corrected chi connectivity index (χ0v) is 11.7. The maximum Gasteiger partial charge on any atom is 0.251 e. The van der Waals surface area contributed by atoms with E-state index in [0.717, 1.165) is 17.7 Å². The topological polar surface area (TPSA) is 57.2 Å². The van der Waals surface area contributed by atoms with E-state index in [0.29, 0.717) is 12.2 Å². The van der Waals surface area contributed by atoms with Gasteiger partial charge in [0.25, 0.3) is 5.56 Å². The highest BCUT2D eigenvalue weighted by atomic mass is 16.5. The number of rotatable bonds is 2. The molecule has 0 amide bonds. The number of pyridine rings is 1. The number of aryl methyl sites for hydroxylation is 2. The molecule has 1 aliphatic heterocycles. The summed E-state index contributed by atoms with van der Waals surface area (Å²) in [6.07, 6.45) is 2.53. The molecule has 3 rings (SSSR count). The molecule has 2 aromatic rings. The maximum absolute atomic E-state index is 12.0. The molecule has 1 atom stereocenters. The largest absolute Gasteiger partial charge is 0.488 e. The summed E-state index contributed by atoms with van der Waals surface area (Å²) >= 11 is 0. The molecule has 0 bridgehead atoms. The Balaban J connectivity index is 1.81. The number of aromatic nitrogens is 1. The second kappa shape index (κ2) is 4.71. The van der Waals surface area contributed by atoms with Crippen molar-refractivity contribution in [3.8, 4) is 5.75 Å². The normalized spacial score (nSPS) is 16.8. The van der Waals surface area contributed by atoms with Crippen LogP contribution in [-0.4, -0.2) is 10.7 Å². The van der Waals surface area contributed by atoms with Gasteiger partial charge in [0.2, 0.25) is 0 Å². The fraction of sp³-hybridized carbons (Fsp3) is 0.312. The van der Waals surface area contributed by atoms with Crippen molar-refractivity contribution in [1.29, 1.82) is 0 Å². The minimum absolute atomic E-state index is 0.00777. The highest BCUT2D eigenvalue weighted by Gasteiger charge is 2.23. The molecule has 104 valence electrons. The van der Waals surface area contributed by atoms with Gasteiger partial charge in [-0.2, -0.15) is 0 Å². The van der Waals surface area contributed by atoms with Gasteiger partial charge in [0.05, 0.1) is 12.2 Å². The minimum atomic E-state index is -0.0348. The van der Waals surface area contributed by atoms with Gasteiger partial charge in [-0.25, -0.2) is 0 Å². The molecule has 0 saturated heterocycles. The first kappa shape index (κ1) is 12.8. The molecular weight excluding hydrogens is 252 g/mol. The summed E-state index contributed by atoms with van der Waals surface area (Å²) in [6, 6.07) is 7.75. The van der Waals surface area contributed by atoms with E-state index >= 15 is 0 Å². The fourth-order valence-electron chi connectivity index (χ4n) is 2.60. The van der Waals surface area contributed by atoms with Crippen LogP contribution in [0.4, 0.5) is 5.69 Å². The number of fused-ring (bicyclic) bond motifs is 1. The third kappa shape index (κ3) is 2.29. The predicted molar refractivity (Wildman–Crippen MR) is 79.2 cm³/mol. The molecule has 0 spiro atoms. The minimum Gasteiger partial charge on any atom is -0.488 e. The predicted octanol–water partition coefficient (Wildman–Crippen LogP) is 2.05. The van der Waals surface area contributed by atoms with Crippen molar-refractivity contribution < 1.29 is 4.74 Å². The van der Waals surface area contributed by atoms with Crippen LogP contribution < -0.4 is 16.0 Å². The van der Waals surface area contributed by atoms with Crippen LogP contribution in [0.3, 0.4) is 0 Å². The summed E-state index contributed by atoms with van der Waals surface area (Å²) in [4.78, 5) is 12.0. The summed E-state index contributed by atoms with van der Waals surface area (Å²) < 4.78 is 7.52. The first-order chi connectivity index (χ1) is 9.52. The van der Waals surface area contributed by atoms with Crippen LogP contribution in [0.15, 0.2) is 35.3 Å².